The fourth-order valence-corrected chi connectivity index (χ4v) is 1.84. The van der Waals surface area contributed by atoms with Gasteiger partial charge in [-0.2, -0.15) is 5.26 Å². The maximum Gasteiger partial charge on any atom is 0.119 e. The van der Waals surface area contributed by atoms with Crippen molar-refractivity contribution in [2.75, 3.05) is 5.73 Å². The normalized spacial score (nSPS) is 10.5. The second-order valence-corrected chi connectivity index (χ2v) is 4.38. The molecule has 0 bridgehead atoms. The molecule has 3 nitrogen and oxygen atoms in total. The van der Waals surface area contributed by atoms with Gasteiger partial charge in [-0.3, -0.25) is 0 Å². The minimum atomic E-state index is 0.426. The number of hydrogen-bond donors (Lipinski definition) is 2. The minimum absolute atomic E-state index is 0.426. The van der Waals surface area contributed by atoms with Gasteiger partial charge in [0, 0.05) is 11.8 Å². The Balaban J connectivity index is 2.44. The molecule has 0 atom stereocenters. The average Bonchev–Trinajstić information content (AvgIpc) is 2.70. The van der Waals surface area contributed by atoms with Gasteiger partial charge < -0.3 is 10.7 Å². The summed E-state index contributed by atoms with van der Waals surface area (Å²) in [6, 6.07) is 10.4. The average molecular weight is 225 g/mol. The van der Waals surface area contributed by atoms with E-state index in [-0.39, 0.29) is 0 Å². The Morgan fingerprint density at radius 3 is 2.41 bits per heavy atom. The van der Waals surface area contributed by atoms with Gasteiger partial charge in [0.2, 0.25) is 0 Å². The van der Waals surface area contributed by atoms with Crippen LogP contribution in [0, 0.1) is 11.3 Å². The number of nitrogen functional groups attached to an aromatic ring is 1. The van der Waals surface area contributed by atoms with E-state index in [1.165, 1.54) is 5.56 Å². The van der Waals surface area contributed by atoms with Crippen molar-refractivity contribution in [1.29, 1.82) is 5.26 Å². The number of anilines is 1. The highest BCUT2D eigenvalue weighted by molar-refractivity contribution is 5.75. The highest BCUT2D eigenvalue weighted by atomic mass is 14.8. The Labute approximate surface area is 101 Å². The number of nitrogens with one attached hydrogen (secondary N) is 1. The third-order valence-corrected chi connectivity index (χ3v) is 2.91. The number of nitrogens with zero attached hydrogens (tertiary/aromatic N) is 1. The molecule has 0 radical (unpaired) electrons. The molecule has 0 unspecified atom stereocenters. The molecular weight excluding hydrogens is 210 g/mol. The van der Waals surface area contributed by atoms with Gasteiger partial charge in [-0.25, -0.2) is 0 Å². The molecule has 0 spiro atoms. The molecule has 0 aliphatic heterocycles. The fraction of sp³-hybridized carbons (Fsp3) is 0.214. The lowest BCUT2D eigenvalue weighted by atomic mass is 9.98. The maximum absolute atomic E-state index is 9.04. The summed E-state index contributed by atoms with van der Waals surface area (Å²) in [7, 11) is 0. The summed E-state index contributed by atoms with van der Waals surface area (Å²) in [6.07, 6.45) is 1.78. The van der Waals surface area contributed by atoms with Gasteiger partial charge in [0.05, 0.1) is 0 Å². The second kappa shape index (κ2) is 4.34. The van der Waals surface area contributed by atoms with Gasteiger partial charge in [-0.1, -0.05) is 38.1 Å². The molecule has 17 heavy (non-hydrogen) atoms. The molecule has 2 rings (SSSR count). The molecule has 3 N–H and O–H groups in total. The molecule has 86 valence electrons. The molecule has 1 aromatic heterocycles. The molecule has 0 saturated carbocycles. The van der Waals surface area contributed by atoms with Gasteiger partial charge in [-0.05, 0) is 17.0 Å². The zero-order valence-electron chi connectivity index (χ0n) is 9.99. The Morgan fingerprint density at radius 2 is 1.88 bits per heavy atom. The predicted octanol–water partition coefficient (Wildman–Crippen LogP) is 3.26. The minimum Gasteiger partial charge on any atom is -0.384 e. The lowest BCUT2D eigenvalue weighted by Crippen LogP contribution is -1.89. The summed E-state index contributed by atoms with van der Waals surface area (Å²) in [5.41, 5.74) is 9.37. The maximum atomic E-state index is 9.04. The first-order chi connectivity index (χ1) is 8.13. The number of aromatic amines is 1. The second-order valence-electron chi connectivity index (χ2n) is 4.38. The molecule has 1 aromatic carbocycles. The van der Waals surface area contributed by atoms with Crippen molar-refractivity contribution < 1.29 is 0 Å². The fourth-order valence-electron chi connectivity index (χ4n) is 1.84. The van der Waals surface area contributed by atoms with Crippen molar-refractivity contribution in [2.24, 2.45) is 0 Å². The highest BCUT2D eigenvalue weighted by Gasteiger charge is 2.10. The number of H-pyrrole nitrogens is 1. The molecule has 0 fully saturated rings. The molecule has 0 amide bonds. The predicted molar refractivity (Wildman–Crippen MR) is 69.4 cm³/mol. The SMILES string of the molecule is CC(C)c1ccc(-c2c[nH]c(N)c2C#N)cc1. The van der Waals surface area contributed by atoms with Crippen LogP contribution in [0.2, 0.25) is 0 Å². The van der Waals surface area contributed by atoms with Gasteiger partial charge in [0.15, 0.2) is 0 Å². The van der Waals surface area contributed by atoms with Crippen LogP contribution in [0.4, 0.5) is 5.82 Å². The topological polar surface area (TPSA) is 65.6 Å². The summed E-state index contributed by atoms with van der Waals surface area (Å²) in [6.45, 7) is 4.31. The third-order valence-electron chi connectivity index (χ3n) is 2.91. The van der Waals surface area contributed by atoms with Crippen LogP contribution in [0.1, 0.15) is 30.9 Å². The van der Waals surface area contributed by atoms with Crippen LogP contribution >= 0.6 is 0 Å². The molecule has 1 heterocycles. The zero-order valence-corrected chi connectivity index (χ0v) is 9.99. The van der Waals surface area contributed by atoms with E-state index < -0.39 is 0 Å². The van der Waals surface area contributed by atoms with Crippen molar-refractivity contribution in [3.63, 3.8) is 0 Å². The van der Waals surface area contributed by atoms with Crippen LogP contribution in [0.25, 0.3) is 11.1 Å². The van der Waals surface area contributed by atoms with E-state index in [9.17, 15) is 0 Å². The Morgan fingerprint density at radius 1 is 1.24 bits per heavy atom. The van der Waals surface area contributed by atoms with Crippen molar-refractivity contribution in [3.05, 3.63) is 41.6 Å². The Hall–Kier alpha value is -2.21. The van der Waals surface area contributed by atoms with Crippen LogP contribution < -0.4 is 5.73 Å². The smallest absolute Gasteiger partial charge is 0.119 e. The van der Waals surface area contributed by atoms with Gasteiger partial charge in [0.25, 0.3) is 0 Å². The van der Waals surface area contributed by atoms with Crippen molar-refractivity contribution >= 4 is 5.82 Å². The lowest BCUT2D eigenvalue weighted by molar-refractivity contribution is 0.867. The zero-order chi connectivity index (χ0) is 12.4. The number of benzene rings is 1. The van der Waals surface area contributed by atoms with Crippen LogP contribution in [0.15, 0.2) is 30.5 Å². The van der Waals surface area contributed by atoms with Gasteiger partial charge >= 0.3 is 0 Å². The quantitative estimate of drug-likeness (QED) is 0.823. The van der Waals surface area contributed by atoms with E-state index in [0.717, 1.165) is 11.1 Å². The number of nitriles is 1. The molecular formula is C14H15N3. The lowest BCUT2D eigenvalue weighted by Gasteiger charge is -2.06. The molecule has 2 aromatic rings. The number of aromatic nitrogens is 1. The van der Waals surface area contributed by atoms with E-state index in [1.807, 2.05) is 12.1 Å². The monoisotopic (exact) mass is 225 g/mol. The van der Waals surface area contributed by atoms with E-state index in [1.54, 1.807) is 6.20 Å². The van der Waals surface area contributed by atoms with Crippen LogP contribution in [-0.4, -0.2) is 4.98 Å². The summed E-state index contributed by atoms with van der Waals surface area (Å²) < 4.78 is 0. The van der Waals surface area contributed by atoms with Crippen molar-refractivity contribution in [1.82, 2.24) is 4.98 Å². The summed E-state index contributed by atoms with van der Waals surface area (Å²) in [5, 5.41) is 9.04. The van der Waals surface area contributed by atoms with Crippen LogP contribution in [0.5, 0.6) is 0 Å². The molecule has 3 heteroatoms. The number of rotatable bonds is 2. The van der Waals surface area contributed by atoms with E-state index in [2.05, 4.69) is 37.0 Å². The highest BCUT2D eigenvalue weighted by Crippen LogP contribution is 2.28. The van der Waals surface area contributed by atoms with E-state index >= 15 is 0 Å². The Kier molecular flexibility index (Phi) is 2.88. The summed E-state index contributed by atoms with van der Waals surface area (Å²) in [4.78, 5) is 2.88. The van der Waals surface area contributed by atoms with E-state index in [0.29, 0.717) is 17.3 Å². The van der Waals surface area contributed by atoms with Crippen molar-refractivity contribution in [3.8, 4) is 17.2 Å². The number of nitrogens with two attached hydrogens (primary N) is 1. The largest absolute Gasteiger partial charge is 0.384 e. The first-order valence-corrected chi connectivity index (χ1v) is 5.60. The first-order valence-electron chi connectivity index (χ1n) is 5.60. The van der Waals surface area contributed by atoms with Gasteiger partial charge in [-0.15, -0.1) is 0 Å². The molecule has 0 saturated heterocycles. The first kappa shape index (κ1) is 11.3. The summed E-state index contributed by atoms with van der Waals surface area (Å²) >= 11 is 0. The van der Waals surface area contributed by atoms with Crippen LogP contribution in [0.3, 0.4) is 0 Å². The van der Waals surface area contributed by atoms with Crippen molar-refractivity contribution in [2.45, 2.75) is 19.8 Å². The third kappa shape index (κ3) is 2.02. The standard InChI is InChI=1S/C14H15N3/c1-9(2)10-3-5-11(6-4-10)13-8-17-14(16)12(13)7-15/h3-6,8-9,17H,16H2,1-2H3. The molecule has 0 aliphatic rings. The Bertz CT molecular complexity index is 556. The van der Waals surface area contributed by atoms with E-state index in [4.69, 9.17) is 11.0 Å². The van der Waals surface area contributed by atoms with Gasteiger partial charge in [0.1, 0.15) is 17.5 Å². The summed E-state index contributed by atoms with van der Waals surface area (Å²) in [5.74, 6) is 0.936. The number of hydrogen-bond acceptors (Lipinski definition) is 2. The molecule has 0 aliphatic carbocycles. The van der Waals surface area contributed by atoms with Crippen LogP contribution in [-0.2, 0) is 0 Å².